The van der Waals surface area contributed by atoms with E-state index in [4.69, 9.17) is 27.9 Å². The number of aromatic amines is 1. The molecule has 4 rings (SSSR count). The minimum atomic E-state index is -3.09. The van der Waals surface area contributed by atoms with Crippen molar-refractivity contribution in [2.75, 3.05) is 17.8 Å². The lowest BCUT2D eigenvalue weighted by molar-refractivity contribution is -0.0861. The van der Waals surface area contributed by atoms with E-state index in [-0.39, 0.29) is 31.5 Å². The third-order valence-electron chi connectivity index (χ3n) is 6.05. The molecule has 0 saturated carbocycles. The molecule has 0 radical (unpaired) electrons. The maximum atomic E-state index is 15.3. The van der Waals surface area contributed by atoms with Gasteiger partial charge in [0.25, 0.3) is 5.92 Å². The molecule has 2 N–H and O–H groups in total. The van der Waals surface area contributed by atoms with Gasteiger partial charge in [-0.05, 0) is 70.0 Å². The Morgan fingerprint density at radius 3 is 2.36 bits per heavy atom. The number of anilines is 1. The molecule has 36 heavy (non-hydrogen) atoms. The Labute approximate surface area is 221 Å². The summed E-state index contributed by atoms with van der Waals surface area (Å²) in [6.45, 7) is 5.72. The zero-order chi connectivity index (χ0) is 26.3. The first-order valence-electron chi connectivity index (χ1n) is 11.5. The van der Waals surface area contributed by atoms with E-state index in [0.717, 1.165) is 0 Å². The molecule has 3 aromatic rings. The number of aromatic nitrogens is 1. The fourth-order valence-electron chi connectivity index (χ4n) is 4.20. The number of piperidine rings is 1. The second-order valence-electron chi connectivity index (χ2n) is 9.74. The standard InChI is InChI=1S/C25H27Cl2F2N3O3S/c1-24(2,3)35-23(33)32-12-10-16(11-13-32)25(28,29)15-4-6-17(7-5-15)36(34)31-20-9-8-18(26)21-19(27)14-30-22(20)21/h4-9,14,16,30-31H,10-13H2,1-3H3. The highest BCUT2D eigenvalue weighted by atomic mass is 35.5. The molecule has 2 aromatic carbocycles. The van der Waals surface area contributed by atoms with Crippen LogP contribution in [0.2, 0.25) is 10.0 Å². The lowest BCUT2D eigenvalue weighted by Gasteiger charge is -2.36. The van der Waals surface area contributed by atoms with Crippen LogP contribution in [-0.4, -0.2) is 39.2 Å². The summed E-state index contributed by atoms with van der Waals surface area (Å²) < 4.78 is 51.7. The van der Waals surface area contributed by atoms with Crippen LogP contribution in [0.5, 0.6) is 0 Å². The zero-order valence-electron chi connectivity index (χ0n) is 20.0. The number of nitrogens with one attached hydrogen (secondary N) is 2. The van der Waals surface area contributed by atoms with Crippen molar-refractivity contribution in [2.45, 2.75) is 50.0 Å². The molecular weight excluding hydrogens is 531 g/mol. The molecule has 6 nitrogen and oxygen atoms in total. The maximum Gasteiger partial charge on any atom is 0.410 e. The number of halogens is 4. The van der Waals surface area contributed by atoms with Crippen LogP contribution in [0.15, 0.2) is 47.5 Å². The van der Waals surface area contributed by atoms with Gasteiger partial charge >= 0.3 is 6.09 Å². The first kappa shape index (κ1) is 26.9. The van der Waals surface area contributed by atoms with Gasteiger partial charge in [-0.3, -0.25) is 0 Å². The molecule has 1 saturated heterocycles. The predicted octanol–water partition coefficient (Wildman–Crippen LogP) is 7.35. The van der Waals surface area contributed by atoms with Gasteiger partial charge in [0.05, 0.1) is 15.6 Å². The fourth-order valence-corrected chi connectivity index (χ4v) is 5.63. The third kappa shape index (κ3) is 5.69. The summed E-state index contributed by atoms with van der Waals surface area (Å²) in [4.78, 5) is 17.0. The minimum Gasteiger partial charge on any atom is -0.588 e. The molecule has 194 valence electrons. The predicted molar refractivity (Wildman–Crippen MR) is 139 cm³/mol. The smallest absolute Gasteiger partial charge is 0.410 e. The summed E-state index contributed by atoms with van der Waals surface area (Å²) in [6, 6.07) is 8.77. The quantitative estimate of drug-likeness (QED) is 0.321. The number of hydrogen-bond donors (Lipinski definition) is 2. The Balaban J connectivity index is 1.41. The van der Waals surface area contributed by atoms with Crippen LogP contribution in [0.3, 0.4) is 0 Å². The number of benzene rings is 2. The van der Waals surface area contributed by atoms with Crippen molar-refractivity contribution < 1.29 is 22.9 Å². The van der Waals surface area contributed by atoms with E-state index >= 15 is 8.78 Å². The van der Waals surface area contributed by atoms with Crippen LogP contribution >= 0.6 is 23.2 Å². The zero-order valence-corrected chi connectivity index (χ0v) is 22.4. The third-order valence-corrected chi connectivity index (χ3v) is 7.77. The lowest BCUT2D eigenvalue weighted by Crippen LogP contribution is -2.44. The molecule has 0 bridgehead atoms. The maximum absolute atomic E-state index is 15.3. The molecule has 1 amide bonds. The Kier molecular flexibility index (Phi) is 7.67. The summed E-state index contributed by atoms with van der Waals surface area (Å²) in [5.74, 6) is -4.00. The van der Waals surface area contributed by atoms with Crippen molar-refractivity contribution in [3.05, 3.63) is 58.2 Å². The van der Waals surface area contributed by atoms with E-state index < -0.39 is 34.9 Å². The highest BCUT2D eigenvalue weighted by molar-refractivity contribution is 7.92. The van der Waals surface area contributed by atoms with Crippen LogP contribution in [0.25, 0.3) is 10.9 Å². The van der Waals surface area contributed by atoms with Gasteiger partial charge in [-0.1, -0.05) is 23.2 Å². The molecule has 2 heterocycles. The number of hydrogen-bond acceptors (Lipinski definition) is 4. The molecule has 0 aliphatic carbocycles. The van der Waals surface area contributed by atoms with Crippen molar-refractivity contribution in [1.82, 2.24) is 9.88 Å². The molecule has 1 aliphatic heterocycles. The number of likely N-dealkylation sites (tertiary alicyclic amines) is 1. The number of rotatable bonds is 5. The minimum absolute atomic E-state index is 0.149. The van der Waals surface area contributed by atoms with Gasteiger partial charge in [0.2, 0.25) is 0 Å². The Bertz CT molecular complexity index is 1240. The number of carbonyl (C=O) groups excluding carboxylic acids is 1. The number of ether oxygens (including phenoxy) is 1. The van der Waals surface area contributed by atoms with Crippen molar-refractivity contribution in [3.8, 4) is 0 Å². The van der Waals surface area contributed by atoms with Gasteiger partial charge < -0.3 is 19.2 Å². The van der Waals surface area contributed by atoms with Crippen LogP contribution in [0, 0.1) is 5.92 Å². The first-order valence-corrected chi connectivity index (χ1v) is 13.4. The van der Waals surface area contributed by atoms with E-state index in [1.165, 1.54) is 29.2 Å². The molecule has 11 heteroatoms. The van der Waals surface area contributed by atoms with Crippen molar-refractivity contribution >= 4 is 57.2 Å². The largest absolute Gasteiger partial charge is 0.588 e. The average Bonchev–Trinajstić information content (AvgIpc) is 3.22. The normalized spacial score (nSPS) is 16.3. The van der Waals surface area contributed by atoms with Crippen LogP contribution in [0.1, 0.15) is 39.2 Å². The summed E-state index contributed by atoms with van der Waals surface area (Å²) >= 11 is 10.7. The second-order valence-corrected chi connectivity index (χ2v) is 11.8. The average molecular weight is 558 g/mol. The SMILES string of the molecule is CC(C)(C)OC(=O)N1CCC(C(F)(F)c2ccc([S+]([O-])Nc3ccc(Cl)c4c(Cl)c[nH]c34)cc2)CC1. The molecule has 1 unspecified atom stereocenters. The highest BCUT2D eigenvalue weighted by Gasteiger charge is 2.43. The lowest BCUT2D eigenvalue weighted by atomic mass is 9.86. The van der Waals surface area contributed by atoms with E-state index in [2.05, 4.69) is 9.71 Å². The number of alkyl halides is 2. The van der Waals surface area contributed by atoms with E-state index in [0.29, 0.717) is 31.5 Å². The number of H-pyrrole nitrogens is 1. The highest BCUT2D eigenvalue weighted by Crippen LogP contribution is 2.42. The monoisotopic (exact) mass is 557 g/mol. The van der Waals surface area contributed by atoms with Gasteiger partial charge in [0, 0.05) is 36.2 Å². The summed E-state index contributed by atoms with van der Waals surface area (Å²) in [6.07, 6.45) is 1.42. The van der Waals surface area contributed by atoms with E-state index in [9.17, 15) is 9.35 Å². The van der Waals surface area contributed by atoms with Gasteiger partial charge in [-0.2, -0.15) is 0 Å². The van der Waals surface area contributed by atoms with E-state index in [1.807, 2.05) is 0 Å². The topological polar surface area (TPSA) is 80.4 Å². The van der Waals surface area contributed by atoms with Crippen molar-refractivity contribution in [1.29, 1.82) is 0 Å². The van der Waals surface area contributed by atoms with Crippen molar-refractivity contribution in [2.24, 2.45) is 5.92 Å². The molecule has 1 aromatic heterocycles. The van der Waals surface area contributed by atoms with Gasteiger partial charge in [-0.15, -0.1) is 0 Å². The number of fused-ring (bicyclic) bond motifs is 1. The van der Waals surface area contributed by atoms with Crippen LogP contribution in [0.4, 0.5) is 19.3 Å². The number of nitrogens with zero attached hydrogens (tertiary/aromatic N) is 1. The van der Waals surface area contributed by atoms with Gasteiger partial charge in [0.1, 0.15) is 22.7 Å². The number of amides is 1. The Morgan fingerprint density at radius 2 is 1.75 bits per heavy atom. The van der Waals surface area contributed by atoms with Crippen molar-refractivity contribution in [3.63, 3.8) is 0 Å². The molecule has 1 atom stereocenters. The van der Waals surface area contributed by atoms with Crippen LogP contribution in [-0.2, 0) is 22.0 Å². The number of carbonyl (C=O) groups is 1. The first-order chi connectivity index (χ1) is 16.9. The summed E-state index contributed by atoms with van der Waals surface area (Å²) in [5.41, 5.74) is 0.333. The Hall–Kier alpha value is -2.20. The summed E-state index contributed by atoms with van der Waals surface area (Å²) in [5, 5.41) is 1.50. The van der Waals surface area contributed by atoms with Gasteiger partial charge in [-0.25, -0.2) is 18.3 Å². The van der Waals surface area contributed by atoms with Gasteiger partial charge in [0.15, 0.2) is 4.90 Å². The van der Waals surface area contributed by atoms with E-state index in [1.54, 1.807) is 39.1 Å². The molecular formula is C25H27Cl2F2N3O3S. The molecule has 0 spiro atoms. The Morgan fingerprint density at radius 1 is 1.11 bits per heavy atom. The molecule has 1 fully saturated rings. The molecule has 1 aliphatic rings. The fraction of sp³-hybridized carbons (Fsp3) is 0.400. The second kappa shape index (κ2) is 10.3. The van der Waals surface area contributed by atoms with Crippen LogP contribution < -0.4 is 4.72 Å². The summed E-state index contributed by atoms with van der Waals surface area (Å²) in [7, 11) is 0.